The molecule has 3 rings (SSSR count). The van der Waals surface area contributed by atoms with Gasteiger partial charge in [0.25, 0.3) is 0 Å². The van der Waals surface area contributed by atoms with Crippen molar-refractivity contribution in [3.63, 3.8) is 0 Å². The van der Waals surface area contributed by atoms with E-state index in [1.807, 2.05) is 6.92 Å². The number of rotatable bonds is 4. The van der Waals surface area contributed by atoms with Crippen LogP contribution in [0.1, 0.15) is 6.92 Å². The van der Waals surface area contributed by atoms with E-state index in [0.717, 1.165) is 0 Å². The van der Waals surface area contributed by atoms with Gasteiger partial charge < -0.3 is 10.1 Å². The predicted octanol–water partition coefficient (Wildman–Crippen LogP) is -0.310. The third-order valence-corrected chi connectivity index (χ3v) is 8.42. The van der Waals surface area contributed by atoms with Gasteiger partial charge in [-0.05, 0) is 31.2 Å². The number of nitrogens with one attached hydrogen (secondary N) is 1. The highest BCUT2D eigenvalue weighted by Gasteiger charge is 2.32. The normalized spacial score (nSPS) is 24.3. The molecule has 1 unspecified atom stereocenters. The van der Waals surface area contributed by atoms with Gasteiger partial charge in [-0.3, -0.25) is 0 Å². The maximum Gasteiger partial charge on any atom is 0.243 e. The number of ether oxygens (including phenoxy) is 1. The van der Waals surface area contributed by atoms with Gasteiger partial charge in [-0.1, -0.05) is 0 Å². The minimum Gasteiger partial charge on any atom is -0.379 e. The maximum atomic E-state index is 12.8. The van der Waals surface area contributed by atoms with Crippen molar-refractivity contribution in [3.05, 3.63) is 24.3 Å². The summed E-state index contributed by atoms with van der Waals surface area (Å²) in [7, 11) is -7.26. The van der Waals surface area contributed by atoms with Crippen molar-refractivity contribution >= 4 is 20.0 Å². The molecule has 0 aliphatic carbocycles. The fourth-order valence-electron chi connectivity index (χ4n) is 3.03. The maximum absolute atomic E-state index is 12.8. The number of morpholine rings is 1. The smallest absolute Gasteiger partial charge is 0.243 e. The first-order valence-corrected chi connectivity index (χ1v) is 11.1. The van der Waals surface area contributed by atoms with Crippen LogP contribution in [-0.2, 0) is 24.8 Å². The van der Waals surface area contributed by atoms with Crippen molar-refractivity contribution < 1.29 is 21.6 Å². The van der Waals surface area contributed by atoms with E-state index in [4.69, 9.17) is 4.74 Å². The van der Waals surface area contributed by atoms with E-state index in [9.17, 15) is 16.8 Å². The average molecular weight is 389 g/mol. The Hall–Kier alpha value is -1.04. The SMILES string of the molecule is CC1CNCCN1S(=O)(=O)c1ccc(S(=O)(=O)N2CCOCC2)cc1. The summed E-state index contributed by atoms with van der Waals surface area (Å²) < 4.78 is 58.8. The van der Waals surface area contributed by atoms with Crippen LogP contribution >= 0.6 is 0 Å². The second kappa shape index (κ2) is 7.29. The van der Waals surface area contributed by atoms with Crippen molar-refractivity contribution in [2.24, 2.45) is 0 Å². The zero-order valence-corrected chi connectivity index (χ0v) is 15.7. The number of hydrogen-bond acceptors (Lipinski definition) is 6. The lowest BCUT2D eigenvalue weighted by atomic mass is 10.3. The number of piperazine rings is 1. The lowest BCUT2D eigenvalue weighted by molar-refractivity contribution is 0.0730. The lowest BCUT2D eigenvalue weighted by Crippen LogP contribution is -2.52. The van der Waals surface area contributed by atoms with Gasteiger partial charge in [0, 0.05) is 38.8 Å². The predicted molar refractivity (Wildman–Crippen MR) is 92.2 cm³/mol. The highest BCUT2D eigenvalue weighted by molar-refractivity contribution is 7.89. The lowest BCUT2D eigenvalue weighted by Gasteiger charge is -2.32. The van der Waals surface area contributed by atoms with E-state index < -0.39 is 20.0 Å². The molecule has 140 valence electrons. The second-order valence-corrected chi connectivity index (χ2v) is 9.99. The first-order chi connectivity index (χ1) is 11.8. The molecule has 1 atom stereocenters. The molecule has 2 aliphatic heterocycles. The molecule has 10 heteroatoms. The van der Waals surface area contributed by atoms with Crippen molar-refractivity contribution in [2.75, 3.05) is 45.9 Å². The van der Waals surface area contributed by atoms with Gasteiger partial charge in [0.15, 0.2) is 0 Å². The molecule has 0 amide bonds. The number of benzene rings is 1. The summed E-state index contributed by atoms with van der Waals surface area (Å²) in [5, 5.41) is 3.15. The van der Waals surface area contributed by atoms with Crippen LogP contribution in [0.15, 0.2) is 34.1 Å². The monoisotopic (exact) mass is 389 g/mol. The number of nitrogens with zero attached hydrogens (tertiary/aromatic N) is 2. The van der Waals surface area contributed by atoms with Gasteiger partial charge >= 0.3 is 0 Å². The molecular weight excluding hydrogens is 366 g/mol. The van der Waals surface area contributed by atoms with Gasteiger partial charge in [0.05, 0.1) is 23.0 Å². The van der Waals surface area contributed by atoms with Crippen LogP contribution in [0.2, 0.25) is 0 Å². The summed E-state index contributed by atoms with van der Waals surface area (Å²) in [6.45, 7) is 4.80. The van der Waals surface area contributed by atoms with E-state index in [1.54, 1.807) is 0 Å². The Bertz CT molecular complexity index is 802. The fraction of sp³-hybridized carbons (Fsp3) is 0.600. The van der Waals surface area contributed by atoms with E-state index >= 15 is 0 Å². The molecule has 1 N–H and O–H groups in total. The van der Waals surface area contributed by atoms with Crippen molar-refractivity contribution in [2.45, 2.75) is 22.8 Å². The molecule has 0 saturated carbocycles. The molecule has 0 radical (unpaired) electrons. The molecule has 8 nitrogen and oxygen atoms in total. The van der Waals surface area contributed by atoms with Crippen LogP contribution in [-0.4, -0.2) is 77.4 Å². The Morgan fingerprint density at radius 1 is 0.960 bits per heavy atom. The average Bonchev–Trinajstić information content (AvgIpc) is 2.63. The molecule has 0 aromatic heterocycles. The van der Waals surface area contributed by atoms with Crippen LogP contribution in [0.4, 0.5) is 0 Å². The number of hydrogen-bond donors (Lipinski definition) is 1. The van der Waals surface area contributed by atoms with Crippen molar-refractivity contribution in [1.29, 1.82) is 0 Å². The fourth-order valence-corrected chi connectivity index (χ4v) is 6.07. The Kier molecular flexibility index (Phi) is 5.47. The third kappa shape index (κ3) is 3.74. The molecule has 2 fully saturated rings. The van der Waals surface area contributed by atoms with Gasteiger partial charge in [-0.15, -0.1) is 0 Å². The minimum absolute atomic E-state index is 0.0988. The van der Waals surface area contributed by atoms with Gasteiger partial charge in [-0.25, -0.2) is 16.8 Å². The Morgan fingerprint density at radius 3 is 2.08 bits per heavy atom. The Labute approximate surface area is 148 Å². The Morgan fingerprint density at radius 2 is 1.52 bits per heavy atom. The van der Waals surface area contributed by atoms with Crippen LogP contribution < -0.4 is 5.32 Å². The zero-order chi connectivity index (χ0) is 18.1. The molecule has 1 aromatic rings. The molecule has 25 heavy (non-hydrogen) atoms. The van der Waals surface area contributed by atoms with Gasteiger partial charge in [-0.2, -0.15) is 8.61 Å². The quantitative estimate of drug-likeness (QED) is 0.759. The molecule has 0 spiro atoms. The van der Waals surface area contributed by atoms with Crippen LogP contribution in [0.25, 0.3) is 0 Å². The molecule has 1 aromatic carbocycles. The van der Waals surface area contributed by atoms with E-state index in [0.29, 0.717) is 45.9 Å². The third-order valence-electron chi connectivity index (χ3n) is 4.48. The highest BCUT2D eigenvalue weighted by Crippen LogP contribution is 2.23. The topological polar surface area (TPSA) is 96.0 Å². The largest absolute Gasteiger partial charge is 0.379 e. The molecule has 2 saturated heterocycles. The van der Waals surface area contributed by atoms with Crippen LogP contribution in [0, 0.1) is 0 Å². The molecule has 0 bridgehead atoms. The van der Waals surface area contributed by atoms with Gasteiger partial charge in [0.2, 0.25) is 20.0 Å². The number of sulfonamides is 2. The minimum atomic E-state index is -3.63. The van der Waals surface area contributed by atoms with Crippen molar-refractivity contribution in [1.82, 2.24) is 13.9 Å². The molecular formula is C15H23N3O5S2. The van der Waals surface area contributed by atoms with E-state index in [-0.39, 0.29) is 15.8 Å². The summed E-state index contributed by atoms with van der Waals surface area (Å²) in [6.07, 6.45) is 0. The van der Waals surface area contributed by atoms with Crippen molar-refractivity contribution in [3.8, 4) is 0 Å². The van der Waals surface area contributed by atoms with Crippen LogP contribution in [0.5, 0.6) is 0 Å². The Balaban J connectivity index is 1.84. The summed E-state index contributed by atoms with van der Waals surface area (Å²) in [4.78, 5) is 0.212. The summed E-state index contributed by atoms with van der Waals surface area (Å²) in [5.41, 5.74) is 0. The van der Waals surface area contributed by atoms with E-state index in [2.05, 4.69) is 5.32 Å². The standard InChI is InChI=1S/C15H23N3O5S2/c1-13-12-16-6-7-18(13)25(21,22)15-4-2-14(3-5-15)24(19,20)17-8-10-23-11-9-17/h2-5,13,16H,6-12H2,1H3. The molecule has 2 heterocycles. The summed E-state index contributed by atoms with van der Waals surface area (Å²) >= 11 is 0. The summed E-state index contributed by atoms with van der Waals surface area (Å²) in [6, 6.07) is 5.33. The van der Waals surface area contributed by atoms with Gasteiger partial charge in [0.1, 0.15) is 0 Å². The first kappa shape index (κ1) is 18.7. The molecule has 2 aliphatic rings. The van der Waals surface area contributed by atoms with E-state index in [1.165, 1.54) is 32.9 Å². The first-order valence-electron chi connectivity index (χ1n) is 8.24. The highest BCUT2D eigenvalue weighted by atomic mass is 32.2. The summed E-state index contributed by atoms with van der Waals surface area (Å²) in [5.74, 6) is 0. The van der Waals surface area contributed by atoms with Crippen LogP contribution in [0.3, 0.4) is 0 Å². The second-order valence-electron chi connectivity index (χ2n) is 6.16. The zero-order valence-electron chi connectivity index (χ0n) is 14.1.